The van der Waals surface area contributed by atoms with Crippen LogP contribution in [0.25, 0.3) is 10.8 Å². The highest BCUT2D eigenvalue weighted by Gasteiger charge is 2.48. The number of fused-ring (bicyclic) bond motifs is 1. The van der Waals surface area contributed by atoms with Gasteiger partial charge in [-0.1, -0.05) is 24.3 Å². The van der Waals surface area contributed by atoms with Gasteiger partial charge in [0, 0.05) is 37.0 Å². The summed E-state index contributed by atoms with van der Waals surface area (Å²) in [5, 5.41) is 10.5. The fraction of sp³-hybridized carbons (Fsp3) is 0.312. The van der Waals surface area contributed by atoms with Crippen LogP contribution in [-0.2, 0) is 14.6 Å². The van der Waals surface area contributed by atoms with Crippen molar-refractivity contribution in [3.05, 3.63) is 36.4 Å². The second-order valence-electron chi connectivity index (χ2n) is 5.76. The number of carboxylic acid groups (broad SMARTS) is 1. The lowest BCUT2D eigenvalue weighted by Gasteiger charge is -2.25. The van der Waals surface area contributed by atoms with E-state index in [4.69, 9.17) is 11.5 Å². The Labute approximate surface area is 140 Å². The maximum absolute atomic E-state index is 13.0. The van der Waals surface area contributed by atoms with E-state index < -0.39 is 20.7 Å². The minimum atomic E-state index is -4.35. The molecule has 0 aromatic heterocycles. The third-order valence-corrected chi connectivity index (χ3v) is 6.26. The summed E-state index contributed by atoms with van der Waals surface area (Å²) in [7, 11) is -0.667. The second-order valence-corrected chi connectivity index (χ2v) is 7.93. The number of carboxylic acids is 1. The van der Waals surface area contributed by atoms with Gasteiger partial charge in [0.25, 0.3) is 0 Å². The Morgan fingerprint density at radius 1 is 1.17 bits per heavy atom. The highest BCUT2D eigenvalue weighted by atomic mass is 32.2. The first-order valence-corrected chi connectivity index (χ1v) is 8.81. The van der Waals surface area contributed by atoms with Gasteiger partial charge in [0.15, 0.2) is 0 Å². The predicted octanol–water partition coefficient (Wildman–Crippen LogP) is 0.768. The molecular weight excluding hydrogens is 330 g/mol. The third-order valence-electron chi connectivity index (χ3n) is 3.99. The lowest BCUT2D eigenvalue weighted by atomic mass is 10.1. The SMILES string of the molecule is CN(C)c1cccc2c(S(=O)(=O)C(N)(CCN)C(=O)O)cccc12. The van der Waals surface area contributed by atoms with Gasteiger partial charge in [-0.3, -0.25) is 0 Å². The van der Waals surface area contributed by atoms with Gasteiger partial charge in [0.05, 0.1) is 4.90 Å². The van der Waals surface area contributed by atoms with Gasteiger partial charge in [-0.15, -0.1) is 0 Å². The summed E-state index contributed by atoms with van der Waals surface area (Å²) in [4.78, 5) is 10.8. The molecule has 0 bridgehead atoms. The van der Waals surface area contributed by atoms with Crippen LogP contribution >= 0.6 is 0 Å². The van der Waals surface area contributed by atoms with Crippen LogP contribution in [0.4, 0.5) is 5.69 Å². The molecule has 1 unspecified atom stereocenters. The molecule has 0 radical (unpaired) electrons. The van der Waals surface area contributed by atoms with E-state index in [2.05, 4.69) is 0 Å². The molecule has 2 rings (SSSR count). The van der Waals surface area contributed by atoms with E-state index in [9.17, 15) is 18.3 Å². The molecule has 24 heavy (non-hydrogen) atoms. The molecule has 2 aromatic carbocycles. The number of nitrogens with two attached hydrogens (primary N) is 2. The number of rotatable bonds is 6. The molecule has 2 aromatic rings. The number of aliphatic carboxylic acids is 1. The summed E-state index contributed by atoms with van der Waals surface area (Å²) < 4.78 is 26.0. The molecule has 0 amide bonds. The summed E-state index contributed by atoms with van der Waals surface area (Å²) >= 11 is 0. The lowest BCUT2D eigenvalue weighted by Crippen LogP contribution is -2.55. The van der Waals surface area contributed by atoms with Crippen molar-refractivity contribution in [1.82, 2.24) is 0 Å². The zero-order chi connectivity index (χ0) is 18.1. The van der Waals surface area contributed by atoms with Gasteiger partial charge in [0.1, 0.15) is 0 Å². The first-order valence-electron chi connectivity index (χ1n) is 7.33. The predicted molar refractivity (Wildman–Crippen MR) is 93.7 cm³/mol. The Morgan fingerprint density at radius 2 is 1.75 bits per heavy atom. The van der Waals surface area contributed by atoms with Crippen molar-refractivity contribution in [1.29, 1.82) is 0 Å². The van der Waals surface area contributed by atoms with Crippen LogP contribution in [0.3, 0.4) is 0 Å². The Kier molecular flexibility index (Phi) is 4.84. The van der Waals surface area contributed by atoms with Gasteiger partial charge in [-0.05, 0) is 18.7 Å². The van der Waals surface area contributed by atoms with E-state index >= 15 is 0 Å². The van der Waals surface area contributed by atoms with Crippen LogP contribution < -0.4 is 16.4 Å². The van der Waals surface area contributed by atoms with E-state index in [1.54, 1.807) is 24.3 Å². The summed E-state index contributed by atoms with van der Waals surface area (Å²) in [6.45, 7) is -0.157. The van der Waals surface area contributed by atoms with Crippen molar-refractivity contribution in [2.45, 2.75) is 16.2 Å². The molecule has 0 aliphatic carbocycles. The van der Waals surface area contributed by atoms with Crippen molar-refractivity contribution < 1.29 is 18.3 Å². The van der Waals surface area contributed by atoms with Gasteiger partial charge in [0.2, 0.25) is 14.7 Å². The van der Waals surface area contributed by atoms with Crippen LogP contribution in [0.15, 0.2) is 41.3 Å². The number of hydrogen-bond acceptors (Lipinski definition) is 6. The zero-order valence-corrected chi connectivity index (χ0v) is 14.4. The maximum atomic E-state index is 13.0. The quantitative estimate of drug-likeness (QED) is 0.701. The van der Waals surface area contributed by atoms with Crippen molar-refractivity contribution in [2.75, 3.05) is 25.5 Å². The zero-order valence-electron chi connectivity index (χ0n) is 13.6. The average molecular weight is 351 g/mol. The summed E-state index contributed by atoms with van der Waals surface area (Å²) in [6, 6.07) is 9.95. The lowest BCUT2D eigenvalue weighted by molar-refractivity contribution is -0.140. The molecule has 5 N–H and O–H groups in total. The fourth-order valence-electron chi connectivity index (χ4n) is 2.66. The Morgan fingerprint density at radius 3 is 2.29 bits per heavy atom. The Hall–Kier alpha value is -2.16. The molecule has 0 saturated heterocycles. The highest BCUT2D eigenvalue weighted by Crippen LogP contribution is 2.34. The van der Waals surface area contributed by atoms with Crippen LogP contribution in [0, 0.1) is 0 Å². The normalized spacial score (nSPS) is 14.3. The van der Waals surface area contributed by atoms with E-state index in [0.29, 0.717) is 10.8 Å². The molecule has 0 saturated carbocycles. The average Bonchev–Trinajstić information content (AvgIpc) is 2.53. The third kappa shape index (κ3) is 2.72. The topological polar surface area (TPSA) is 127 Å². The van der Waals surface area contributed by atoms with Crippen molar-refractivity contribution in [2.24, 2.45) is 11.5 Å². The van der Waals surface area contributed by atoms with Crippen molar-refractivity contribution >= 4 is 32.3 Å². The van der Waals surface area contributed by atoms with E-state index in [1.807, 2.05) is 25.1 Å². The standard InChI is InChI=1S/C16H21N3O4S/c1-19(2)13-7-3-6-12-11(13)5-4-8-14(12)24(22,23)16(18,9-10-17)15(20)21/h3-8H,9-10,17-18H2,1-2H3,(H,20,21). The van der Waals surface area contributed by atoms with Gasteiger partial charge in [-0.25, -0.2) is 13.2 Å². The van der Waals surface area contributed by atoms with Crippen LogP contribution in [0.1, 0.15) is 6.42 Å². The molecule has 0 aliphatic heterocycles. The van der Waals surface area contributed by atoms with E-state index in [1.165, 1.54) is 6.07 Å². The van der Waals surface area contributed by atoms with Gasteiger partial charge < -0.3 is 21.5 Å². The summed E-state index contributed by atoms with van der Waals surface area (Å²) in [5.41, 5.74) is 12.0. The van der Waals surface area contributed by atoms with Crippen molar-refractivity contribution in [3.8, 4) is 0 Å². The Bertz CT molecular complexity index is 880. The van der Waals surface area contributed by atoms with Crippen LogP contribution in [-0.4, -0.2) is 45.0 Å². The second kappa shape index (κ2) is 6.39. The molecular formula is C16H21N3O4S. The summed E-state index contributed by atoms with van der Waals surface area (Å²) in [5.74, 6) is -1.62. The number of nitrogens with zero attached hydrogens (tertiary/aromatic N) is 1. The molecule has 0 fully saturated rings. The van der Waals surface area contributed by atoms with E-state index in [-0.39, 0.29) is 17.9 Å². The minimum absolute atomic E-state index is 0.109. The number of sulfone groups is 1. The molecule has 0 heterocycles. The summed E-state index contributed by atoms with van der Waals surface area (Å²) in [6.07, 6.45) is -0.381. The first kappa shape index (κ1) is 18.2. The number of carbonyl (C=O) groups is 1. The minimum Gasteiger partial charge on any atom is -0.479 e. The van der Waals surface area contributed by atoms with Gasteiger partial charge >= 0.3 is 5.97 Å². The molecule has 8 heteroatoms. The monoisotopic (exact) mass is 351 g/mol. The van der Waals surface area contributed by atoms with Crippen molar-refractivity contribution in [3.63, 3.8) is 0 Å². The number of benzene rings is 2. The Balaban J connectivity index is 2.81. The molecule has 0 aliphatic rings. The molecule has 130 valence electrons. The molecule has 1 atom stereocenters. The molecule has 7 nitrogen and oxygen atoms in total. The highest BCUT2D eigenvalue weighted by molar-refractivity contribution is 7.93. The first-order chi connectivity index (χ1) is 11.2. The molecule has 0 spiro atoms. The van der Waals surface area contributed by atoms with Crippen LogP contribution in [0.2, 0.25) is 0 Å². The largest absolute Gasteiger partial charge is 0.479 e. The van der Waals surface area contributed by atoms with E-state index in [0.717, 1.165) is 5.69 Å². The smallest absolute Gasteiger partial charge is 0.340 e. The number of anilines is 1. The van der Waals surface area contributed by atoms with Crippen LogP contribution in [0.5, 0.6) is 0 Å². The fourth-order valence-corrected chi connectivity index (χ4v) is 4.39. The maximum Gasteiger partial charge on any atom is 0.340 e. The number of hydrogen-bond donors (Lipinski definition) is 3. The van der Waals surface area contributed by atoms with Gasteiger partial charge in [-0.2, -0.15) is 0 Å².